The minimum Gasteiger partial charge on any atom is -0.458 e. The van der Waals surface area contributed by atoms with Crippen LogP contribution in [0.25, 0.3) is 22.3 Å². The van der Waals surface area contributed by atoms with Gasteiger partial charge in [-0.15, -0.1) is 0 Å². The summed E-state index contributed by atoms with van der Waals surface area (Å²) in [5.41, 5.74) is -3.84. The summed E-state index contributed by atoms with van der Waals surface area (Å²) in [6, 6.07) is 6.60. The molecule has 0 spiro atoms. The van der Waals surface area contributed by atoms with E-state index in [0.717, 1.165) is 17.1 Å². The molecule has 2 aliphatic heterocycles. The molecule has 0 unspecified atom stereocenters. The van der Waals surface area contributed by atoms with Gasteiger partial charge >= 0.3 is 11.7 Å². The number of para-hydroxylation sites is 1. The number of aliphatic hydroxyl groups is 1. The van der Waals surface area contributed by atoms with Crippen LogP contribution < -0.4 is 5.56 Å². The first-order valence-electron chi connectivity index (χ1n) is 12.7. The number of pyridine rings is 2. The first-order valence-corrected chi connectivity index (χ1v) is 16.4. The van der Waals surface area contributed by atoms with E-state index in [0.29, 0.717) is 15.3 Å². The third-order valence-electron chi connectivity index (χ3n) is 7.19. The number of hydrogen-bond donors (Lipinski definition) is 1. The van der Waals surface area contributed by atoms with E-state index < -0.39 is 73.2 Å². The van der Waals surface area contributed by atoms with Crippen molar-refractivity contribution in [1.82, 2.24) is 14.0 Å². The number of ether oxygens (including phenoxy) is 1. The van der Waals surface area contributed by atoms with E-state index in [4.69, 9.17) is 4.74 Å². The van der Waals surface area contributed by atoms with Crippen LogP contribution in [0.2, 0.25) is 0 Å². The Bertz CT molecular complexity index is 2020. The number of hydrogen-bond acceptors (Lipinski definition) is 13. The second-order valence-corrected chi connectivity index (χ2v) is 13.5. The number of nitro groups is 1. The summed E-state index contributed by atoms with van der Waals surface area (Å²) in [5, 5.41) is 28.3. The summed E-state index contributed by atoms with van der Waals surface area (Å²) >= 11 is 0. The lowest BCUT2D eigenvalue weighted by atomic mass is 9.84. The van der Waals surface area contributed by atoms with Gasteiger partial charge in [-0.2, -0.15) is 17.9 Å². The molecule has 1 aromatic carbocycles. The van der Waals surface area contributed by atoms with Crippen molar-refractivity contribution in [3.63, 3.8) is 0 Å². The predicted octanol–water partition coefficient (Wildman–Crippen LogP) is 0.559. The Labute approximate surface area is 244 Å². The van der Waals surface area contributed by atoms with Gasteiger partial charge in [0.2, 0.25) is 10.0 Å². The quantitative estimate of drug-likeness (QED) is 0.0877. The number of benzene rings is 1. The van der Waals surface area contributed by atoms with E-state index in [1.807, 2.05) is 0 Å². The second kappa shape index (κ2) is 10.5. The molecule has 2 aromatic heterocycles. The number of fused-ring (bicyclic) bond motifs is 5. The molecule has 228 valence electrons. The minimum atomic E-state index is -4.00. The minimum absolute atomic E-state index is 0.00968. The first-order chi connectivity index (χ1) is 20.1. The number of carbonyl (C=O) groups excluding carboxylic acids is 1. The highest BCUT2D eigenvalue weighted by Gasteiger charge is 2.52. The van der Waals surface area contributed by atoms with Crippen molar-refractivity contribution in [2.75, 3.05) is 25.7 Å². The highest BCUT2D eigenvalue weighted by Crippen LogP contribution is 2.46. The van der Waals surface area contributed by atoms with Crippen molar-refractivity contribution in [2.45, 2.75) is 32.1 Å². The Morgan fingerprint density at radius 2 is 1.93 bits per heavy atom. The van der Waals surface area contributed by atoms with E-state index in [-0.39, 0.29) is 41.0 Å². The van der Waals surface area contributed by atoms with Crippen molar-refractivity contribution in [3.05, 3.63) is 67.0 Å². The molecule has 1 N–H and O–H groups in total. The fraction of sp³-hybridized carbons (Fsp3) is 0.360. The molecule has 1 atom stereocenters. The lowest BCUT2D eigenvalue weighted by Gasteiger charge is -2.31. The Hall–Kier alpha value is -4.26. The molecule has 0 bridgehead atoms. The predicted molar refractivity (Wildman–Crippen MR) is 151 cm³/mol. The number of rotatable bonds is 9. The number of aromatic nitrogens is 2. The van der Waals surface area contributed by atoms with Crippen LogP contribution in [0.3, 0.4) is 0 Å². The molecule has 0 saturated heterocycles. The number of esters is 1. The molecule has 18 heteroatoms. The second-order valence-electron chi connectivity index (χ2n) is 9.94. The molecule has 3 aromatic rings. The van der Waals surface area contributed by atoms with Crippen LogP contribution in [-0.4, -0.2) is 78.7 Å². The summed E-state index contributed by atoms with van der Waals surface area (Å²) in [6.45, 7) is -0.346. The van der Waals surface area contributed by atoms with Gasteiger partial charge in [0.25, 0.3) is 15.7 Å². The van der Waals surface area contributed by atoms with E-state index >= 15 is 0 Å². The number of nitrogens with zero attached hydrogens (tertiary/aromatic N) is 5. The monoisotopic (exact) mass is 635 g/mol. The summed E-state index contributed by atoms with van der Waals surface area (Å²) in [6.07, 6.45) is 2.56. The molecule has 0 fully saturated rings. The summed E-state index contributed by atoms with van der Waals surface area (Å²) in [7, 11) is -7.86. The SMILES string of the molecule is CC[C@@]1(O)C(=O)OCc2c1c([N+](=O)[O-])c1n(c2=O)Cc2c-1nc1ccccc1c2/C=N/N(CCOS(C)(=O)=O)S(C)(=O)=O. The van der Waals surface area contributed by atoms with E-state index in [1.165, 1.54) is 13.1 Å². The van der Waals surface area contributed by atoms with Crippen molar-refractivity contribution in [1.29, 1.82) is 0 Å². The van der Waals surface area contributed by atoms with Gasteiger partial charge in [0, 0.05) is 16.5 Å². The number of sulfonamides is 1. The smallest absolute Gasteiger partial charge is 0.343 e. The lowest BCUT2D eigenvalue weighted by Crippen LogP contribution is -2.45. The van der Waals surface area contributed by atoms with Crippen molar-refractivity contribution in [2.24, 2.45) is 5.10 Å². The van der Waals surface area contributed by atoms with Crippen LogP contribution in [0.5, 0.6) is 0 Å². The third kappa shape index (κ3) is 5.15. The molecule has 43 heavy (non-hydrogen) atoms. The zero-order valence-electron chi connectivity index (χ0n) is 23.0. The van der Waals surface area contributed by atoms with E-state index in [9.17, 15) is 41.6 Å². The van der Waals surface area contributed by atoms with Crippen LogP contribution in [0, 0.1) is 10.1 Å². The molecule has 4 heterocycles. The lowest BCUT2D eigenvalue weighted by molar-refractivity contribution is -0.386. The maximum absolute atomic E-state index is 13.7. The molecule has 0 amide bonds. The van der Waals surface area contributed by atoms with Crippen LogP contribution >= 0.6 is 0 Å². The number of hydrazone groups is 1. The average molecular weight is 636 g/mol. The maximum atomic E-state index is 13.7. The van der Waals surface area contributed by atoms with Gasteiger partial charge < -0.3 is 9.84 Å². The molecular weight excluding hydrogens is 610 g/mol. The largest absolute Gasteiger partial charge is 0.458 e. The van der Waals surface area contributed by atoms with Crippen LogP contribution in [0.1, 0.15) is 35.6 Å². The standard InChI is InChI=1S/C25H25N5O11S2/c1-4-25(33)19-17(13-40-24(25)32)23(31)28-12-16-15(11-26-29(42(2,36)37)9-10-41-43(3,38)39)14-7-5-6-8-18(14)27-20(16)22(28)21(19)30(34)35/h5-8,11,33H,4,9-10,12-13H2,1-3H3/b26-11+/t25-/m0/s1. The first kappa shape index (κ1) is 30.2. The molecule has 0 radical (unpaired) electrons. The van der Waals surface area contributed by atoms with Crippen LogP contribution in [-0.2, 0) is 52.6 Å². The van der Waals surface area contributed by atoms with Crippen molar-refractivity contribution < 1.29 is 40.6 Å². The topological polar surface area (TPSA) is 218 Å². The fourth-order valence-electron chi connectivity index (χ4n) is 5.23. The average Bonchev–Trinajstić information content (AvgIpc) is 3.30. The molecular formula is C25H25N5O11S2. The summed E-state index contributed by atoms with van der Waals surface area (Å²) in [4.78, 5) is 42.7. The van der Waals surface area contributed by atoms with Crippen LogP contribution in [0.4, 0.5) is 5.69 Å². The Kier molecular flexibility index (Phi) is 7.36. The summed E-state index contributed by atoms with van der Waals surface area (Å²) < 4.78 is 58.9. The normalized spacial score (nSPS) is 17.9. The van der Waals surface area contributed by atoms with Gasteiger partial charge in [0.15, 0.2) is 5.60 Å². The molecule has 2 aliphatic rings. The van der Waals surface area contributed by atoms with Gasteiger partial charge in [0.05, 0.1) is 60.0 Å². The van der Waals surface area contributed by atoms with Gasteiger partial charge in [-0.25, -0.2) is 18.2 Å². The van der Waals surface area contributed by atoms with Gasteiger partial charge in [-0.1, -0.05) is 25.1 Å². The fourth-order valence-corrected chi connectivity index (χ4v) is 6.23. The van der Waals surface area contributed by atoms with Gasteiger partial charge in [0.1, 0.15) is 18.0 Å². The van der Waals surface area contributed by atoms with Crippen LogP contribution in [0.15, 0.2) is 34.2 Å². The maximum Gasteiger partial charge on any atom is 0.343 e. The molecule has 16 nitrogen and oxygen atoms in total. The third-order valence-corrected chi connectivity index (χ3v) is 8.82. The molecule has 5 rings (SSSR count). The summed E-state index contributed by atoms with van der Waals surface area (Å²) in [5.74, 6) is -1.12. The van der Waals surface area contributed by atoms with E-state index in [2.05, 4.69) is 14.3 Å². The van der Waals surface area contributed by atoms with E-state index in [1.54, 1.807) is 24.3 Å². The number of carbonyl (C=O) groups is 1. The zero-order valence-corrected chi connectivity index (χ0v) is 24.6. The Morgan fingerprint density at radius 3 is 2.56 bits per heavy atom. The molecule has 0 aliphatic carbocycles. The number of cyclic esters (lactones) is 1. The Balaban J connectivity index is 1.76. The highest BCUT2D eigenvalue weighted by atomic mass is 32.2. The highest BCUT2D eigenvalue weighted by molar-refractivity contribution is 7.88. The molecule has 0 saturated carbocycles. The van der Waals surface area contributed by atoms with Crippen molar-refractivity contribution >= 4 is 48.9 Å². The Morgan fingerprint density at radius 1 is 1.23 bits per heavy atom. The van der Waals surface area contributed by atoms with Gasteiger partial charge in [-0.05, 0) is 12.5 Å². The van der Waals surface area contributed by atoms with Gasteiger partial charge in [-0.3, -0.25) is 23.7 Å². The zero-order chi connectivity index (χ0) is 31.5. The van der Waals surface area contributed by atoms with Crippen molar-refractivity contribution in [3.8, 4) is 11.4 Å².